The minimum atomic E-state index is -0.638. The molecule has 0 fully saturated rings. The van der Waals surface area contributed by atoms with Crippen molar-refractivity contribution in [1.29, 1.82) is 0 Å². The molecule has 4 rings (SSSR count). The number of aryl methyl sites for hydroxylation is 1. The van der Waals surface area contributed by atoms with Crippen LogP contribution in [-0.2, 0) is 6.42 Å². The average molecular weight is 471 g/mol. The summed E-state index contributed by atoms with van der Waals surface area (Å²) in [5.74, 6) is 0.752. The Labute approximate surface area is 197 Å². The van der Waals surface area contributed by atoms with Crippen molar-refractivity contribution in [2.24, 2.45) is 5.73 Å². The van der Waals surface area contributed by atoms with Crippen LogP contribution in [0.2, 0.25) is 0 Å². The standard InChI is InChI=1S/C24H26N4O4.ClH/c1-3-31-18-10-7-17(8-11-18)24-27-22-16(5-4-6-21(22)32-24)9-12-20(15(2)29)28-13-19(23(25)30)26-14-28;/h4-8,10-11,13-15,20,29H,3,9,12H2,1-2H3,(H2,25,30);1H/t15-,20+;/m0./s1. The van der Waals surface area contributed by atoms with E-state index in [1.54, 1.807) is 17.7 Å². The minimum absolute atomic E-state index is 0. The minimum Gasteiger partial charge on any atom is -0.494 e. The zero-order valence-electron chi connectivity index (χ0n) is 18.5. The van der Waals surface area contributed by atoms with E-state index in [1.807, 2.05) is 49.4 Å². The number of para-hydroxylation sites is 1. The van der Waals surface area contributed by atoms with Gasteiger partial charge >= 0.3 is 0 Å². The third-order valence-corrected chi connectivity index (χ3v) is 5.42. The molecule has 2 heterocycles. The van der Waals surface area contributed by atoms with Crippen LogP contribution in [0.15, 0.2) is 59.4 Å². The summed E-state index contributed by atoms with van der Waals surface area (Å²) in [5, 5.41) is 10.3. The first-order chi connectivity index (χ1) is 15.5. The molecule has 0 aliphatic rings. The lowest BCUT2D eigenvalue weighted by atomic mass is 10.0. The highest BCUT2D eigenvalue weighted by Crippen LogP contribution is 2.29. The van der Waals surface area contributed by atoms with E-state index >= 15 is 0 Å². The first-order valence-corrected chi connectivity index (χ1v) is 10.6. The number of aliphatic hydroxyl groups excluding tert-OH is 1. The van der Waals surface area contributed by atoms with Crippen molar-refractivity contribution in [3.05, 3.63) is 66.2 Å². The van der Waals surface area contributed by atoms with Gasteiger partial charge in [-0.3, -0.25) is 4.79 Å². The van der Waals surface area contributed by atoms with Crippen LogP contribution in [0.5, 0.6) is 5.75 Å². The van der Waals surface area contributed by atoms with E-state index in [9.17, 15) is 9.90 Å². The molecule has 0 saturated carbocycles. The quantitative estimate of drug-likeness (QED) is 0.379. The number of oxazole rings is 1. The molecular formula is C24H27ClN4O4. The zero-order valence-corrected chi connectivity index (χ0v) is 19.3. The maximum absolute atomic E-state index is 11.4. The smallest absolute Gasteiger partial charge is 0.268 e. The summed E-state index contributed by atoms with van der Waals surface area (Å²) in [6.45, 7) is 4.28. The monoisotopic (exact) mass is 470 g/mol. The lowest BCUT2D eigenvalue weighted by Crippen LogP contribution is -2.21. The molecule has 0 bridgehead atoms. The van der Waals surface area contributed by atoms with Gasteiger partial charge in [-0.05, 0) is 62.6 Å². The van der Waals surface area contributed by atoms with E-state index < -0.39 is 12.0 Å². The van der Waals surface area contributed by atoms with E-state index in [4.69, 9.17) is 19.9 Å². The maximum atomic E-state index is 11.4. The summed E-state index contributed by atoms with van der Waals surface area (Å²) in [7, 11) is 0. The van der Waals surface area contributed by atoms with Crippen LogP contribution in [0.25, 0.3) is 22.6 Å². The molecule has 2 aromatic carbocycles. The Balaban J connectivity index is 0.00000306. The van der Waals surface area contributed by atoms with Crippen molar-refractivity contribution >= 4 is 29.4 Å². The fraction of sp³-hybridized carbons (Fsp3) is 0.292. The Kier molecular flexibility index (Phi) is 7.73. The number of fused-ring (bicyclic) bond motifs is 1. The molecular weight excluding hydrogens is 444 g/mol. The summed E-state index contributed by atoms with van der Waals surface area (Å²) in [5.41, 5.74) is 8.87. The molecule has 0 saturated heterocycles. The Morgan fingerprint density at radius 3 is 2.64 bits per heavy atom. The number of aliphatic hydroxyl groups is 1. The number of nitrogens with zero attached hydrogens (tertiary/aromatic N) is 3. The number of ether oxygens (including phenoxy) is 1. The Morgan fingerprint density at radius 1 is 1.24 bits per heavy atom. The highest BCUT2D eigenvalue weighted by Gasteiger charge is 2.20. The molecule has 4 aromatic rings. The Bertz CT molecular complexity index is 1220. The van der Waals surface area contributed by atoms with Crippen LogP contribution in [0.1, 0.15) is 42.4 Å². The molecule has 8 nitrogen and oxygen atoms in total. The van der Waals surface area contributed by atoms with Crippen LogP contribution < -0.4 is 10.5 Å². The molecule has 1 amide bonds. The number of nitrogens with two attached hydrogens (primary N) is 1. The molecule has 2 atom stereocenters. The molecule has 33 heavy (non-hydrogen) atoms. The normalized spacial score (nSPS) is 12.8. The van der Waals surface area contributed by atoms with Crippen LogP contribution in [0.4, 0.5) is 0 Å². The van der Waals surface area contributed by atoms with E-state index in [0.29, 0.717) is 30.9 Å². The van der Waals surface area contributed by atoms with Gasteiger partial charge in [0, 0.05) is 11.8 Å². The summed E-state index contributed by atoms with van der Waals surface area (Å²) in [4.78, 5) is 20.1. The summed E-state index contributed by atoms with van der Waals surface area (Å²) in [6, 6.07) is 13.2. The van der Waals surface area contributed by atoms with Crippen LogP contribution in [0, 0.1) is 0 Å². The number of halogens is 1. The van der Waals surface area contributed by atoms with E-state index in [2.05, 4.69) is 4.98 Å². The SMILES string of the molecule is CCOc1ccc(-c2nc3c(CC[C@H]([C@H](C)O)n4cnc(C(N)=O)c4)cccc3o2)cc1.Cl. The van der Waals surface area contributed by atoms with Gasteiger partial charge in [-0.1, -0.05) is 12.1 Å². The molecule has 0 spiro atoms. The van der Waals surface area contributed by atoms with Gasteiger partial charge in [0.1, 0.15) is 17.0 Å². The Morgan fingerprint density at radius 2 is 2.00 bits per heavy atom. The zero-order chi connectivity index (χ0) is 22.7. The summed E-state index contributed by atoms with van der Waals surface area (Å²) >= 11 is 0. The van der Waals surface area contributed by atoms with Crippen molar-refractivity contribution in [1.82, 2.24) is 14.5 Å². The second-order valence-corrected chi connectivity index (χ2v) is 7.66. The van der Waals surface area contributed by atoms with Crippen LogP contribution in [0.3, 0.4) is 0 Å². The van der Waals surface area contributed by atoms with Gasteiger partial charge in [0.05, 0.1) is 25.1 Å². The first kappa shape index (κ1) is 24.3. The van der Waals surface area contributed by atoms with E-state index in [0.717, 1.165) is 22.4 Å². The summed E-state index contributed by atoms with van der Waals surface area (Å²) in [6.07, 6.45) is 3.74. The topological polar surface area (TPSA) is 116 Å². The summed E-state index contributed by atoms with van der Waals surface area (Å²) < 4.78 is 13.2. The number of aromatic nitrogens is 3. The molecule has 0 unspecified atom stereocenters. The lowest BCUT2D eigenvalue weighted by molar-refractivity contribution is 0.0994. The average Bonchev–Trinajstić information content (AvgIpc) is 3.42. The lowest BCUT2D eigenvalue weighted by Gasteiger charge is -2.21. The van der Waals surface area contributed by atoms with Crippen LogP contribution >= 0.6 is 12.4 Å². The second-order valence-electron chi connectivity index (χ2n) is 7.66. The van der Waals surface area contributed by atoms with Gasteiger partial charge in [0.15, 0.2) is 5.58 Å². The highest BCUT2D eigenvalue weighted by atomic mass is 35.5. The van der Waals surface area contributed by atoms with Crippen molar-refractivity contribution in [2.75, 3.05) is 6.61 Å². The molecule has 2 aromatic heterocycles. The van der Waals surface area contributed by atoms with Gasteiger partial charge in [-0.2, -0.15) is 0 Å². The molecule has 0 radical (unpaired) electrons. The third-order valence-electron chi connectivity index (χ3n) is 5.42. The molecule has 174 valence electrons. The van der Waals surface area contributed by atoms with Crippen LogP contribution in [-0.4, -0.2) is 38.3 Å². The first-order valence-electron chi connectivity index (χ1n) is 10.6. The fourth-order valence-corrected chi connectivity index (χ4v) is 3.78. The number of primary amides is 1. The van der Waals surface area contributed by atoms with Crippen molar-refractivity contribution in [2.45, 2.75) is 38.8 Å². The van der Waals surface area contributed by atoms with Crippen molar-refractivity contribution in [3.63, 3.8) is 0 Å². The predicted octanol–water partition coefficient (Wildman–Crippen LogP) is 4.17. The van der Waals surface area contributed by atoms with E-state index in [1.165, 1.54) is 6.33 Å². The highest BCUT2D eigenvalue weighted by molar-refractivity contribution is 5.90. The molecule has 0 aliphatic heterocycles. The number of hydrogen-bond donors (Lipinski definition) is 2. The van der Waals surface area contributed by atoms with E-state index in [-0.39, 0.29) is 24.1 Å². The maximum Gasteiger partial charge on any atom is 0.268 e. The van der Waals surface area contributed by atoms with Gasteiger partial charge in [-0.15, -0.1) is 12.4 Å². The number of carbonyl (C=O) groups is 1. The van der Waals surface area contributed by atoms with Gasteiger partial charge in [0.25, 0.3) is 5.91 Å². The van der Waals surface area contributed by atoms with Crippen molar-refractivity contribution < 1.29 is 19.1 Å². The largest absolute Gasteiger partial charge is 0.494 e. The predicted molar refractivity (Wildman–Crippen MR) is 128 cm³/mol. The number of imidazole rings is 1. The molecule has 3 N–H and O–H groups in total. The Hall–Kier alpha value is -3.36. The molecule has 9 heteroatoms. The van der Waals surface area contributed by atoms with Gasteiger partial charge < -0.3 is 24.6 Å². The van der Waals surface area contributed by atoms with Gasteiger partial charge in [-0.25, -0.2) is 9.97 Å². The number of hydrogen-bond acceptors (Lipinski definition) is 6. The number of amides is 1. The fourth-order valence-electron chi connectivity index (χ4n) is 3.78. The molecule has 0 aliphatic carbocycles. The second kappa shape index (κ2) is 10.5. The van der Waals surface area contributed by atoms with Gasteiger partial charge in [0.2, 0.25) is 5.89 Å². The third kappa shape index (κ3) is 5.35. The number of benzene rings is 2. The number of carbonyl (C=O) groups excluding carboxylic acids is 1. The number of rotatable bonds is 9. The van der Waals surface area contributed by atoms with Crippen molar-refractivity contribution in [3.8, 4) is 17.2 Å².